The number of benzene rings is 2. The van der Waals surface area contributed by atoms with Crippen LogP contribution in [-0.4, -0.2) is 27.3 Å². The Morgan fingerprint density at radius 3 is 2.43 bits per heavy atom. The molecule has 4 aromatic rings. The van der Waals surface area contributed by atoms with Gasteiger partial charge >= 0.3 is 0 Å². The van der Waals surface area contributed by atoms with Crippen LogP contribution in [0.1, 0.15) is 29.8 Å². The third kappa shape index (κ3) is 4.03. The number of carbonyl (C=O) groups is 1. The summed E-state index contributed by atoms with van der Waals surface area (Å²) >= 11 is 0. The predicted octanol–water partition coefficient (Wildman–Crippen LogP) is 4.29. The van der Waals surface area contributed by atoms with Crippen LogP contribution in [0, 0.1) is 13.8 Å². The van der Waals surface area contributed by atoms with Gasteiger partial charge in [-0.25, -0.2) is 4.68 Å². The molecule has 1 N–H and O–H groups in total. The number of pyridine rings is 1. The van der Waals surface area contributed by atoms with E-state index in [4.69, 9.17) is 4.74 Å². The zero-order valence-corrected chi connectivity index (χ0v) is 17.3. The number of fused-ring (bicyclic) bond motifs is 1. The Balaban J connectivity index is 1.53. The van der Waals surface area contributed by atoms with Crippen molar-refractivity contribution in [3.05, 3.63) is 83.6 Å². The van der Waals surface area contributed by atoms with Gasteiger partial charge in [-0.3, -0.25) is 4.79 Å². The number of nitrogens with zero attached hydrogens (tertiary/aromatic N) is 3. The van der Waals surface area contributed by atoms with Crippen molar-refractivity contribution in [2.75, 3.05) is 6.61 Å². The molecule has 152 valence electrons. The van der Waals surface area contributed by atoms with E-state index in [0.29, 0.717) is 11.5 Å². The van der Waals surface area contributed by atoms with Crippen molar-refractivity contribution in [1.82, 2.24) is 20.1 Å². The van der Waals surface area contributed by atoms with Gasteiger partial charge in [0.15, 0.2) is 12.3 Å². The number of aromatic nitrogens is 3. The van der Waals surface area contributed by atoms with Crippen molar-refractivity contribution < 1.29 is 9.53 Å². The van der Waals surface area contributed by atoms with Gasteiger partial charge in [0.25, 0.3) is 5.91 Å². The Morgan fingerprint density at radius 2 is 1.73 bits per heavy atom. The number of para-hydroxylation sites is 1. The topological polar surface area (TPSA) is 69.0 Å². The Hall–Kier alpha value is -3.67. The smallest absolute Gasteiger partial charge is 0.258 e. The monoisotopic (exact) mass is 400 g/mol. The Labute approximate surface area is 175 Å². The van der Waals surface area contributed by atoms with Crippen molar-refractivity contribution in [3.63, 3.8) is 0 Å². The summed E-state index contributed by atoms with van der Waals surface area (Å²) in [6.07, 6.45) is 0. The van der Waals surface area contributed by atoms with Crippen molar-refractivity contribution in [2.45, 2.75) is 26.8 Å². The zero-order chi connectivity index (χ0) is 21.1. The standard InChI is InChI=1S/C24H24N4O2/c1-16-14-22(30-15-21(29)25-17(2)19-10-6-4-7-11-19)26-24-23(16)18(3)27-28(24)20-12-8-5-9-13-20/h4-14,17H,15H2,1-3H3,(H,25,29). The van der Waals surface area contributed by atoms with E-state index in [1.54, 1.807) is 0 Å². The predicted molar refractivity (Wildman–Crippen MR) is 117 cm³/mol. The number of hydrogen-bond donors (Lipinski definition) is 1. The first-order valence-corrected chi connectivity index (χ1v) is 9.92. The number of hydrogen-bond acceptors (Lipinski definition) is 4. The van der Waals surface area contributed by atoms with Gasteiger partial charge < -0.3 is 10.1 Å². The number of carbonyl (C=O) groups excluding carboxylic acids is 1. The minimum absolute atomic E-state index is 0.0957. The highest BCUT2D eigenvalue weighted by atomic mass is 16.5. The van der Waals surface area contributed by atoms with Crippen molar-refractivity contribution in [2.24, 2.45) is 0 Å². The molecule has 0 spiro atoms. The molecule has 1 unspecified atom stereocenters. The van der Waals surface area contributed by atoms with Crippen molar-refractivity contribution >= 4 is 16.9 Å². The fourth-order valence-electron chi connectivity index (χ4n) is 3.54. The van der Waals surface area contributed by atoms with Crippen molar-refractivity contribution in [1.29, 1.82) is 0 Å². The van der Waals surface area contributed by atoms with E-state index in [9.17, 15) is 4.79 Å². The normalized spacial score (nSPS) is 12.0. The second-order valence-electron chi connectivity index (χ2n) is 7.30. The molecule has 30 heavy (non-hydrogen) atoms. The van der Waals surface area contributed by atoms with Gasteiger partial charge in [-0.2, -0.15) is 10.1 Å². The van der Waals surface area contributed by atoms with Crippen LogP contribution in [0.4, 0.5) is 0 Å². The van der Waals surface area contributed by atoms with E-state index in [2.05, 4.69) is 15.4 Å². The lowest BCUT2D eigenvalue weighted by molar-refractivity contribution is -0.123. The van der Waals surface area contributed by atoms with E-state index in [1.165, 1.54) is 0 Å². The van der Waals surface area contributed by atoms with Gasteiger partial charge in [-0.1, -0.05) is 48.5 Å². The van der Waals surface area contributed by atoms with Crippen molar-refractivity contribution in [3.8, 4) is 11.6 Å². The highest BCUT2D eigenvalue weighted by molar-refractivity contribution is 5.84. The van der Waals surface area contributed by atoms with E-state index in [1.807, 2.05) is 92.2 Å². The van der Waals surface area contributed by atoms with Gasteiger partial charge in [-0.05, 0) is 44.0 Å². The zero-order valence-electron chi connectivity index (χ0n) is 17.3. The average molecular weight is 400 g/mol. The lowest BCUT2D eigenvalue weighted by atomic mass is 10.1. The van der Waals surface area contributed by atoms with Crippen LogP contribution in [0.2, 0.25) is 0 Å². The molecule has 2 aromatic carbocycles. The molecule has 0 saturated carbocycles. The van der Waals surface area contributed by atoms with Gasteiger partial charge in [0, 0.05) is 11.5 Å². The number of nitrogens with one attached hydrogen (secondary N) is 1. The highest BCUT2D eigenvalue weighted by Gasteiger charge is 2.16. The Kier molecular flexibility index (Phi) is 5.48. The molecule has 6 nitrogen and oxygen atoms in total. The fourth-order valence-corrected chi connectivity index (χ4v) is 3.54. The van der Waals surface area contributed by atoms with E-state index in [-0.39, 0.29) is 18.6 Å². The summed E-state index contributed by atoms with van der Waals surface area (Å²) in [5.41, 5.74) is 4.59. The second-order valence-corrected chi connectivity index (χ2v) is 7.30. The summed E-state index contributed by atoms with van der Waals surface area (Å²) in [4.78, 5) is 17.0. The molecule has 0 aliphatic heterocycles. The molecule has 4 rings (SSSR count). The highest BCUT2D eigenvalue weighted by Crippen LogP contribution is 2.26. The number of rotatable bonds is 6. The second kappa shape index (κ2) is 8.37. The number of amides is 1. The van der Waals surface area contributed by atoms with Gasteiger partial charge in [-0.15, -0.1) is 0 Å². The molecule has 0 bridgehead atoms. The van der Waals surface area contributed by atoms with Gasteiger partial charge in [0.1, 0.15) is 0 Å². The third-order valence-electron chi connectivity index (χ3n) is 5.02. The average Bonchev–Trinajstić information content (AvgIpc) is 3.10. The molecule has 0 aliphatic carbocycles. The van der Waals surface area contributed by atoms with Gasteiger partial charge in [0.2, 0.25) is 5.88 Å². The molecule has 0 saturated heterocycles. The quantitative estimate of drug-likeness (QED) is 0.524. The molecule has 0 radical (unpaired) electrons. The minimum Gasteiger partial charge on any atom is -0.468 e. The first-order chi connectivity index (χ1) is 14.5. The minimum atomic E-state index is -0.196. The van der Waals surface area contributed by atoms with Crippen LogP contribution < -0.4 is 10.1 Å². The first-order valence-electron chi connectivity index (χ1n) is 9.92. The maximum Gasteiger partial charge on any atom is 0.258 e. The molecule has 0 fully saturated rings. The molecule has 2 aromatic heterocycles. The molecule has 2 heterocycles. The van der Waals surface area contributed by atoms with Gasteiger partial charge in [0.05, 0.1) is 17.4 Å². The fraction of sp³-hybridized carbons (Fsp3) is 0.208. The summed E-state index contributed by atoms with van der Waals surface area (Å²) in [6.45, 7) is 5.81. The van der Waals surface area contributed by atoms with E-state index in [0.717, 1.165) is 27.9 Å². The Bertz CT molecular complexity index is 1170. The maximum atomic E-state index is 12.4. The lowest BCUT2D eigenvalue weighted by Gasteiger charge is -2.14. The van der Waals surface area contributed by atoms with E-state index >= 15 is 0 Å². The molecule has 6 heteroatoms. The lowest BCUT2D eigenvalue weighted by Crippen LogP contribution is -2.31. The molecule has 1 amide bonds. The SMILES string of the molecule is Cc1cc(OCC(=O)NC(C)c2ccccc2)nc2c1c(C)nn2-c1ccccc1. The molecular weight excluding hydrogens is 376 g/mol. The molecular formula is C24H24N4O2. The third-order valence-corrected chi connectivity index (χ3v) is 5.02. The Morgan fingerprint density at radius 1 is 1.07 bits per heavy atom. The van der Waals surface area contributed by atoms with Crippen LogP contribution in [0.3, 0.4) is 0 Å². The number of ether oxygens (including phenoxy) is 1. The van der Waals surface area contributed by atoms with E-state index < -0.39 is 0 Å². The molecule has 1 atom stereocenters. The maximum absolute atomic E-state index is 12.4. The van der Waals surface area contributed by atoms with Crippen LogP contribution >= 0.6 is 0 Å². The largest absolute Gasteiger partial charge is 0.468 e. The summed E-state index contributed by atoms with van der Waals surface area (Å²) in [5, 5.41) is 8.59. The summed E-state index contributed by atoms with van der Waals surface area (Å²) in [5.74, 6) is 0.207. The van der Waals surface area contributed by atoms with Crippen LogP contribution in [0.25, 0.3) is 16.7 Å². The molecule has 0 aliphatic rings. The summed E-state index contributed by atoms with van der Waals surface area (Å²) < 4.78 is 7.54. The summed E-state index contributed by atoms with van der Waals surface area (Å²) in [7, 11) is 0. The van der Waals surface area contributed by atoms with Crippen LogP contribution in [-0.2, 0) is 4.79 Å². The van der Waals surface area contributed by atoms with Crippen LogP contribution in [0.5, 0.6) is 5.88 Å². The summed E-state index contributed by atoms with van der Waals surface area (Å²) in [6, 6.07) is 21.4. The number of aryl methyl sites for hydroxylation is 2. The first kappa shape index (κ1) is 19.6. The van der Waals surface area contributed by atoms with Crippen LogP contribution in [0.15, 0.2) is 66.7 Å².